The highest BCUT2D eigenvalue weighted by Gasteiger charge is 2.44. The van der Waals surface area contributed by atoms with Crippen molar-refractivity contribution in [3.05, 3.63) is 64.0 Å². The smallest absolute Gasteiger partial charge is 0.310 e. The molecule has 25 heavy (non-hydrogen) atoms. The number of nitrogens with one attached hydrogen (secondary N) is 1. The van der Waals surface area contributed by atoms with Crippen LogP contribution in [0.5, 0.6) is 0 Å². The van der Waals surface area contributed by atoms with Gasteiger partial charge in [-0.2, -0.15) is 0 Å². The van der Waals surface area contributed by atoms with Crippen LogP contribution in [0.1, 0.15) is 18.4 Å². The topological polar surface area (TPSA) is 89.3 Å². The Morgan fingerprint density at radius 3 is 2.48 bits per heavy atom. The molecule has 2 aromatic rings. The lowest BCUT2D eigenvalue weighted by Gasteiger charge is -2.18. The Morgan fingerprint density at radius 2 is 1.92 bits per heavy atom. The third-order valence-corrected chi connectivity index (χ3v) is 5.62. The first-order chi connectivity index (χ1) is 11.7. The van der Waals surface area contributed by atoms with Crippen molar-refractivity contribution in [3.8, 4) is 0 Å². The van der Waals surface area contributed by atoms with Crippen LogP contribution in [0.4, 0.5) is 15.8 Å². The van der Waals surface area contributed by atoms with Crippen LogP contribution >= 0.6 is 0 Å². The summed E-state index contributed by atoms with van der Waals surface area (Å²) in [6.07, 6.45) is 2.61. The maximum absolute atomic E-state index is 13.5. The van der Waals surface area contributed by atoms with Crippen LogP contribution in [0, 0.1) is 15.9 Å². The zero-order valence-corrected chi connectivity index (χ0v) is 14.3. The summed E-state index contributed by atoms with van der Waals surface area (Å²) in [5, 5.41) is 14.4. The van der Waals surface area contributed by atoms with E-state index in [0.29, 0.717) is 6.54 Å². The Balaban J connectivity index is 1.91. The van der Waals surface area contributed by atoms with Crippen molar-refractivity contribution in [2.75, 3.05) is 18.1 Å². The molecule has 0 radical (unpaired) electrons. The number of nitro groups is 1. The van der Waals surface area contributed by atoms with Crippen LogP contribution in [-0.2, 0) is 15.3 Å². The number of para-hydroxylation sites is 1. The molecule has 8 heteroatoms. The molecule has 1 aliphatic carbocycles. The van der Waals surface area contributed by atoms with Crippen molar-refractivity contribution in [1.82, 2.24) is 0 Å². The maximum atomic E-state index is 13.5. The number of hydrogen-bond donors (Lipinski definition) is 1. The number of nitro benzene ring substituents is 1. The van der Waals surface area contributed by atoms with Gasteiger partial charge < -0.3 is 5.32 Å². The highest BCUT2D eigenvalue weighted by molar-refractivity contribution is 7.90. The summed E-state index contributed by atoms with van der Waals surface area (Å²) in [7, 11) is -3.73. The summed E-state index contributed by atoms with van der Waals surface area (Å²) in [5.74, 6) is -0.325. The van der Waals surface area contributed by atoms with Gasteiger partial charge in [0.1, 0.15) is 16.4 Å². The number of nitrogens with zero attached hydrogens (tertiary/aromatic N) is 1. The van der Waals surface area contributed by atoms with E-state index >= 15 is 0 Å². The van der Waals surface area contributed by atoms with Crippen LogP contribution in [0.25, 0.3) is 0 Å². The average molecular weight is 364 g/mol. The fraction of sp³-hybridized carbons (Fsp3) is 0.294. The van der Waals surface area contributed by atoms with Gasteiger partial charge in [-0.1, -0.05) is 18.2 Å². The van der Waals surface area contributed by atoms with Crippen molar-refractivity contribution in [3.63, 3.8) is 0 Å². The number of halogens is 1. The minimum Gasteiger partial charge on any atom is -0.379 e. The van der Waals surface area contributed by atoms with Crippen LogP contribution in [0.2, 0.25) is 0 Å². The summed E-state index contributed by atoms with van der Waals surface area (Å²) in [6, 6.07) is 10.5. The van der Waals surface area contributed by atoms with E-state index in [-0.39, 0.29) is 21.8 Å². The lowest BCUT2D eigenvalue weighted by molar-refractivity contribution is -0.386. The number of sulfone groups is 1. The van der Waals surface area contributed by atoms with E-state index < -0.39 is 20.4 Å². The van der Waals surface area contributed by atoms with Gasteiger partial charge in [-0.25, -0.2) is 12.8 Å². The van der Waals surface area contributed by atoms with Gasteiger partial charge in [0, 0.05) is 18.2 Å². The van der Waals surface area contributed by atoms with Gasteiger partial charge in [0.25, 0.3) is 0 Å². The average Bonchev–Trinajstić information content (AvgIpc) is 3.33. The first kappa shape index (κ1) is 17.3. The van der Waals surface area contributed by atoms with Gasteiger partial charge in [0.05, 0.1) is 4.92 Å². The summed E-state index contributed by atoms with van der Waals surface area (Å²) < 4.78 is 37.1. The van der Waals surface area contributed by atoms with E-state index in [4.69, 9.17) is 0 Å². The quantitative estimate of drug-likeness (QED) is 0.628. The molecule has 0 atom stereocenters. The highest BCUT2D eigenvalue weighted by atomic mass is 32.2. The fourth-order valence-corrected chi connectivity index (χ4v) is 3.82. The Bertz CT molecular complexity index is 939. The van der Waals surface area contributed by atoms with E-state index in [1.165, 1.54) is 30.3 Å². The third-order valence-electron chi connectivity index (χ3n) is 4.49. The predicted octanol–water partition coefficient (Wildman–Crippen LogP) is 3.28. The summed E-state index contributed by atoms with van der Waals surface area (Å²) >= 11 is 0. The third kappa shape index (κ3) is 3.48. The first-order valence-corrected chi connectivity index (χ1v) is 9.59. The molecule has 1 fully saturated rings. The van der Waals surface area contributed by atoms with Gasteiger partial charge in [-0.3, -0.25) is 10.1 Å². The van der Waals surface area contributed by atoms with E-state index in [1.807, 2.05) is 6.07 Å². The Kier molecular flexibility index (Phi) is 4.24. The Hall–Kier alpha value is -2.48. The molecule has 0 spiro atoms. The summed E-state index contributed by atoms with van der Waals surface area (Å²) in [5.41, 5.74) is 0.245. The minimum atomic E-state index is -3.73. The summed E-state index contributed by atoms with van der Waals surface area (Å²) in [6.45, 7) is 0.366. The normalized spacial score (nSPS) is 15.6. The number of anilines is 1. The van der Waals surface area contributed by atoms with Gasteiger partial charge in [0.2, 0.25) is 0 Å². The molecule has 0 amide bonds. The zero-order valence-electron chi connectivity index (χ0n) is 13.5. The van der Waals surface area contributed by atoms with Crippen molar-refractivity contribution >= 4 is 21.2 Å². The molecule has 1 aliphatic rings. The van der Waals surface area contributed by atoms with E-state index in [9.17, 15) is 22.9 Å². The zero-order chi connectivity index (χ0) is 18.2. The van der Waals surface area contributed by atoms with Crippen molar-refractivity contribution in [2.24, 2.45) is 0 Å². The number of rotatable bonds is 6. The second-order valence-corrected chi connectivity index (χ2v) is 8.31. The van der Waals surface area contributed by atoms with Crippen LogP contribution < -0.4 is 5.32 Å². The Morgan fingerprint density at radius 1 is 1.24 bits per heavy atom. The molecule has 0 bridgehead atoms. The maximum Gasteiger partial charge on any atom is 0.310 e. The molecule has 0 aliphatic heterocycles. The Labute approximate surface area is 144 Å². The highest BCUT2D eigenvalue weighted by Crippen LogP contribution is 2.48. The second kappa shape index (κ2) is 6.11. The van der Waals surface area contributed by atoms with Crippen molar-refractivity contribution in [2.45, 2.75) is 23.2 Å². The molecule has 132 valence electrons. The molecule has 0 heterocycles. The van der Waals surface area contributed by atoms with E-state index in [0.717, 1.165) is 24.7 Å². The monoisotopic (exact) mass is 364 g/mol. The van der Waals surface area contributed by atoms with Crippen LogP contribution in [0.3, 0.4) is 0 Å². The molecule has 0 aromatic heterocycles. The van der Waals surface area contributed by atoms with Gasteiger partial charge in [-0.15, -0.1) is 0 Å². The molecule has 2 aromatic carbocycles. The molecular weight excluding hydrogens is 347 g/mol. The molecule has 1 N–H and O–H groups in total. The lowest BCUT2D eigenvalue weighted by atomic mass is 9.95. The summed E-state index contributed by atoms with van der Waals surface area (Å²) in [4.78, 5) is 10.4. The van der Waals surface area contributed by atoms with Crippen molar-refractivity contribution < 1.29 is 17.7 Å². The standard InChI is InChI=1S/C17H17FN2O4S/c1-25(23,24)15-7-3-6-14(16(15)20(21)22)19-11-17(8-9-17)12-4-2-5-13(18)10-12/h2-7,10,19H,8-9,11H2,1H3. The fourth-order valence-electron chi connectivity index (χ4n) is 2.95. The molecule has 6 nitrogen and oxygen atoms in total. The molecular formula is C17H17FN2O4S. The minimum absolute atomic E-state index is 0.149. The molecule has 0 unspecified atom stereocenters. The lowest BCUT2D eigenvalue weighted by Crippen LogP contribution is -2.20. The van der Waals surface area contributed by atoms with Gasteiger partial charge in [0.15, 0.2) is 9.84 Å². The number of benzene rings is 2. The second-order valence-electron chi connectivity index (χ2n) is 6.33. The van der Waals surface area contributed by atoms with E-state index in [2.05, 4.69) is 5.32 Å². The van der Waals surface area contributed by atoms with Crippen LogP contribution in [0.15, 0.2) is 47.4 Å². The van der Waals surface area contributed by atoms with Crippen LogP contribution in [-0.4, -0.2) is 26.1 Å². The molecule has 0 saturated heterocycles. The van der Waals surface area contributed by atoms with Gasteiger partial charge in [-0.05, 0) is 42.7 Å². The predicted molar refractivity (Wildman–Crippen MR) is 92.0 cm³/mol. The number of hydrogen-bond acceptors (Lipinski definition) is 5. The van der Waals surface area contributed by atoms with E-state index in [1.54, 1.807) is 6.07 Å². The van der Waals surface area contributed by atoms with Gasteiger partial charge >= 0.3 is 5.69 Å². The largest absolute Gasteiger partial charge is 0.379 e. The SMILES string of the molecule is CS(=O)(=O)c1cccc(NCC2(c3cccc(F)c3)CC2)c1[N+](=O)[O-]. The first-order valence-electron chi connectivity index (χ1n) is 7.70. The molecule has 1 saturated carbocycles. The van der Waals surface area contributed by atoms with Crippen molar-refractivity contribution in [1.29, 1.82) is 0 Å². The molecule has 3 rings (SSSR count).